The Morgan fingerprint density at radius 2 is 2.36 bits per heavy atom. The van der Waals surface area contributed by atoms with Crippen molar-refractivity contribution in [3.63, 3.8) is 0 Å². The van der Waals surface area contributed by atoms with Crippen molar-refractivity contribution in [1.29, 1.82) is 0 Å². The van der Waals surface area contributed by atoms with Crippen molar-refractivity contribution in [3.8, 4) is 5.75 Å². The van der Waals surface area contributed by atoms with E-state index in [1.165, 1.54) is 5.56 Å². The third-order valence-corrected chi connectivity index (χ3v) is 2.06. The zero-order chi connectivity index (χ0) is 10.4. The van der Waals surface area contributed by atoms with Crippen molar-refractivity contribution < 1.29 is 4.74 Å². The largest absolute Gasteiger partial charge is 0.497 e. The molecule has 0 heterocycles. The van der Waals surface area contributed by atoms with Crippen molar-refractivity contribution in [3.05, 3.63) is 40.9 Å². The highest BCUT2D eigenvalue weighted by molar-refractivity contribution is 9.11. The second-order valence-electron chi connectivity index (χ2n) is 2.97. The number of hydrogen-bond acceptors (Lipinski definition) is 2. The fourth-order valence-electron chi connectivity index (χ4n) is 1.12. The van der Waals surface area contributed by atoms with Gasteiger partial charge < -0.3 is 10.1 Å². The van der Waals surface area contributed by atoms with Crippen LogP contribution >= 0.6 is 15.9 Å². The first kappa shape index (κ1) is 11.3. The molecule has 1 aromatic rings. The predicted molar refractivity (Wildman–Crippen MR) is 62.8 cm³/mol. The van der Waals surface area contributed by atoms with Gasteiger partial charge in [0.1, 0.15) is 5.75 Å². The maximum Gasteiger partial charge on any atom is 0.119 e. The molecule has 0 spiro atoms. The fourth-order valence-corrected chi connectivity index (χ4v) is 1.32. The minimum Gasteiger partial charge on any atom is -0.497 e. The van der Waals surface area contributed by atoms with Gasteiger partial charge in [-0.1, -0.05) is 34.6 Å². The Labute approximate surface area is 93.1 Å². The topological polar surface area (TPSA) is 21.3 Å². The van der Waals surface area contributed by atoms with E-state index in [0.717, 1.165) is 23.3 Å². The lowest BCUT2D eigenvalue weighted by atomic mass is 10.2. The van der Waals surface area contributed by atoms with Crippen LogP contribution in [0.3, 0.4) is 0 Å². The highest BCUT2D eigenvalue weighted by Gasteiger charge is 1.95. The third kappa shape index (κ3) is 3.94. The molecule has 1 rings (SSSR count). The first-order chi connectivity index (χ1) is 6.72. The van der Waals surface area contributed by atoms with Crippen molar-refractivity contribution in [2.45, 2.75) is 6.54 Å². The van der Waals surface area contributed by atoms with Crippen LogP contribution in [0.25, 0.3) is 0 Å². The fraction of sp³-hybridized carbons (Fsp3) is 0.273. The van der Waals surface area contributed by atoms with E-state index in [1.54, 1.807) is 7.11 Å². The average molecular weight is 256 g/mol. The van der Waals surface area contributed by atoms with Gasteiger partial charge in [-0.2, -0.15) is 0 Å². The van der Waals surface area contributed by atoms with Gasteiger partial charge in [-0.3, -0.25) is 0 Å². The normalized spacial score (nSPS) is 9.86. The minimum absolute atomic E-state index is 0.775. The highest BCUT2D eigenvalue weighted by Crippen LogP contribution is 2.12. The van der Waals surface area contributed by atoms with E-state index in [9.17, 15) is 0 Å². The molecule has 0 aromatic heterocycles. The van der Waals surface area contributed by atoms with E-state index in [2.05, 4.69) is 33.9 Å². The van der Waals surface area contributed by atoms with Gasteiger partial charge in [-0.05, 0) is 17.7 Å². The van der Waals surface area contributed by atoms with E-state index in [1.807, 2.05) is 18.2 Å². The summed E-state index contributed by atoms with van der Waals surface area (Å²) in [5.41, 5.74) is 1.21. The van der Waals surface area contributed by atoms with Gasteiger partial charge in [0.15, 0.2) is 0 Å². The molecule has 0 bridgehead atoms. The summed E-state index contributed by atoms with van der Waals surface area (Å²) in [6, 6.07) is 8.00. The van der Waals surface area contributed by atoms with E-state index in [0.29, 0.717) is 0 Å². The van der Waals surface area contributed by atoms with Crippen LogP contribution in [0.2, 0.25) is 0 Å². The Balaban J connectivity index is 2.46. The zero-order valence-corrected chi connectivity index (χ0v) is 9.80. The lowest BCUT2D eigenvalue weighted by molar-refractivity contribution is 0.414. The van der Waals surface area contributed by atoms with Gasteiger partial charge in [0.25, 0.3) is 0 Å². The monoisotopic (exact) mass is 255 g/mol. The summed E-state index contributed by atoms with van der Waals surface area (Å²) < 4.78 is 6.09. The van der Waals surface area contributed by atoms with Crippen LogP contribution in [-0.2, 0) is 6.54 Å². The van der Waals surface area contributed by atoms with Gasteiger partial charge in [0, 0.05) is 17.6 Å². The third-order valence-electron chi connectivity index (χ3n) is 1.78. The highest BCUT2D eigenvalue weighted by atomic mass is 79.9. The summed E-state index contributed by atoms with van der Waals surface area (Å²) in [5, 5.41) is 3.25. The Morgan fingerprint density at radius 1 is 1.57 bits per heavy atom. The molecule has 3 heteroatoms. The number of halogens is 1. The Kier molecular flexibility index (Phi) is 4.70. The first-order valence-electron chi connectivity index (χ1n) is 4.39. The summed E-state index contributed by atoms with van der Waals surface area (Å²) in [5.74, 6) is 0.891. The number of hydrogen-bond donors (Lipinski definition) is 1. The minimum atomic E-state index is 0.775. The van der Waals surface area contributed by atoms with Crippen LogP contribution in [0.1, 0.15) is 5.56 Å². The summed E-state index contributed by atoms with van der Waals surface area (Å²) in [7, 11) is 1.67. The Morgan fingerprint density at radius 3 is 3.00 bits per heavy atom. The van der Waals surface area contributed by atoms with Crippen molar-refractivity contribution in [1.82, 2.24) is 5.32 Å². The SMILES string of the molecule is C=C(Br)CNCc1cccc(OC)c1. The van der Waals surface area contributed by atoms with Crippen LogP contribution in [0.5, 0.6) is 5.75 Å². The molecule has 0 aliphatic carbocycles. The van der Waals surface area contributed by atoms with Crippen molar-refractivity contribution >= 4 is 15.9 Å². The molecule has 0 aliphatic heterocycles. The van der Waals surface area contributed by atoms with Crippen LogP contribution in [-0.4, -0.2) is 13.7 Å². The summed E-state index contributed by atoms with van der Waals surface area (Å²) >= 11 is 3.29. The van der Waals surface area contributed by atoms with E-state index >= 15 is 0 Å². The Bertz CT molecular complexity index is 312. The molecule has 0 saturated heterocycles. The smallest absolute Gasteiger partial charge is 0.119 e. The second-order valence-corrected chi connectivity index (χ2v) is 4.09. The molecule has 1 N–H and O–H groups in total. The van der Waals surface area contributed by atoms with E-state index < -0.39 is 0 Å². The summed E-state index contributed by atoms with van der Waals surface area (Å²) in [6.07, 6.45) is 0. The molecule has 0 radical (unpaired) electrons. The molecule has 0 amide bonds. The Hall–Kier alpha value is -0.800. The molecule has 1 aromatic carbocycles. The number of methoxy groups -OCH3 is 1. The number of ether oxygens (including phenoxy) is 1. The molecule has 0 atom stereocenters. The number of benzene rings is 1. The van der Waals surface area contributed by atoms with E-state index in [-0.39, 0.29) is 0 Å². The zero-order valence-electron chi connectivity index (χ0n) is 8.22. The van der Waals surface area contributed by atoms with Crippen LogP contribution in [0.15, 0.2) is 35.3 Å². The molecule has 0 aliphatic rings. The molecule has 0 fully saturated rings. The van der Waals surface area contributed by atoms with Crippen molar-refractivity contribution in [2.24, 2.45) is 0 Å². The predicted octanol–water partition coefficient (Wildman–Crippen LogP) is 2.69. The van der Waals surface area contributed by atoms with Gasteiger partial charge in [-0.25, -0.2) is 0 Å². The quantitative estimate of drug-likeness (QED) is 0.874. The van der Waals surface area contributed by atoms with Gasteiger partial charge in [-0.15, -0.1) is 0 Å². The maximum absolute atomic E-state index is 5.13. The number of nitrogens with one attached hydrogen (secondary N) is 1. The molecular formula is C11H14BrNO. The molecule has 14 heavy (non-hydrogen) atoms. The van der Waals surface area contributed by atoms with Gasteiger partial charge >= 0.3 is 0 Å². The molecular weight excluding hydrogens is 242 g/mol. The van der Waals surface area contributed by atoms with Crippen LogP contribution in [0.4, 0.5) is 0 Å². The maximum atomic E-state index is 5.13. The molecule has 2 nitrogen and oxygen atoms in total. The van der Waals surface area contributed by atoms with Crippen molar-refractivity contribution in [2.75, 3.05) is 13.7 Å². The number of rotatable bonds is 5. The van der Waals surface area contributed by atoms with E-state index in [4.69, 9.17) is 4.74 Å². The van der Waals surface area contributed by atoms with Crippen LogP contribution in [0, 0.1) is 0 Å². The molecule has 76 valence electrons. The van der Waals surface area contributed by atoms with Gasteiger partial charge in [0.05, 0.1) is 7.11 Å². The van der Waals surface area contributed by atoms with Crippen LogP contribution < -0.4 is 10.1 Å². The summed E-state index contributed by atoms with van der Waals surface area (Å²) in [4.78, 5) is 0. The summed E-state index contributed by atoms with van der Waals surface area (Å²) in [6.45, 7) is 5.35. The molecule has 0 saturated carbocycles. The first-order valence-corrected chi connectivity index (χ1v) is 5.18. The lowest BCUT2D eigenvalue weighted by Crippen LogP contribution is -2.14. The lowest BCUT2D eigenvalue weighted by Gasteiger charge is -2.05. The average Bonchev–Trinajstić information content (AvgIpc) is 2.18. The standard InChI is InChI=1S/C11H14BrNO/c1-9(12)7-13-8-10-4-3-5-11(6-10)14-2/h3-6,13H,1,7-8H2,2H3. The van der Waals surface area contributed by atoms with Gasteiger partial charge in [0.2, 0.25) is 0 Å². The second kappa shape index (κ2) is 5.83. The molecule has 0 unspecified atom stereocenters.